The number of ether oxygens (including phenoxy) is 1. The number of nitriles is 1. The Morgan fingerprint density at radius 1 is 1.56 bits per heavy atom. The van der Waals surface area contributed by atoms with Gasteiger partial charge in [0.15, 0.2) is 11.6 Å². The van der Waals surface area contributed by atoms with Gasteiger partial charge in [-0.25, -0.2) is 4.39 Å². The Labute approximate surface area is 94.6 Å². The molecule has 0 bridgehead atoms. The van der Waals surface area contributed by atoms with Crippen LogP contribution in [-0.2, 0) is 0 Å². The van der Waals surface area contributed by atoms with E-state index >= 15 is 0 Å². The molecule has 0 fully saturated rings. The summed E-state index contributed by atoms with van der Waals surface area (Å²) in [6.07, 6.45) is 0.358. The quantitative estimate of drug-likeness (QED) is 0.849. The van der Waals surface area contributed by atoms with Crippen LogP contribution in [0.15, 0.2) is 18.2 Å². The lowest BCUT2D eigenvalue weighted by molar-refractivity contribution is 0.274. The molecule has 86 valence electrons. The molecular formula is C12H15FN2O. The van der Waals surface area contributed by atoms with Crippen LogP contribution in [0.3, 0.4) is 0 Å². The molecule has 0 radical (unpaired) electrons. The molecule has 0 heterocycles. The molecule has 1 unspecified atom stereocenters. The largest absolute Gasteiger partial charge is 0.490 e. The van der Waals surface area contributed by atoms with Crippen LogP contribution in [0.1, 0.15) is 18.9 Å². The van der Waals surface area contributed by atoms with E-state index in [9.17, 15) is 4.39 Å². The minimum absolute atomic E-state index is 0.203. The summed E-state index contributed by atoms with van der Waals surface area (Å²) in [7, 11) is 0. The number of nitrogens with two attached hydrogens (primary N) is 1. The maximum absolute atomic E-state index is 13.3. The van der Waals surface area contributed by atoms with E-state index in [-0.39, 0.29) is 12.4 Å². The summed E-state index contributed by atoms with van der Waals surface area (Å²) in [5.74, 6) is -0.199. The highest BCUT2D eigenvalue weighted by Gasteiger charge is 2.17. The third-order valence-electron chi connectivity index (χ3n) is 2.22. The van der Waals surface area contributed by atoms with Gasteiger partial charge < -0.3 is 10.5 Å². The van der Waals surface area contributed by atoms with E-state index in [0.29, 0.717) is 6.42 Å². The van der Waals surface area contributed by atoms with Crippen LogP contribution >= 0.6 is 0 Å². The van der Waals surface area contributed by atoms with Gasteiger partial charge in [0.25, 0.3) is 0 Å². The molecule has 2 N–H and O–H groups in total. The van der Waals surface area contributed by atoms with Gasteiger partial charge >= 0.3 is 0 Å². The van der Waals surface area contributed by atoms with Crippen molar-refractivity contribution in [3.63, 3.8) is 0 Å². The Kier molecular flexibility index (Phi) is 3.86. The molecule has 3 nitrogen and oxygen atoms in total. The molecule has 1 aromatic rings. The zero-order valence-corrected chi connectivity index (χ0v) is 9.46. The fourth-order valence-electron chi connectivity index (χ4n) is 1.15. The summed E-state index contributed by atoms with van der Waals surface area (Å²) in [4.78, 5) is 0. The highest BCUT2D eigenvalue weighted by Crippen LogP contribution is 2.19. The van der Waals surface area contributed by atoms with E-state index in [1.165, 1.54) is 6.07 Å². The second-order valence-electron chi connectivity index (χ2n) is 4.06. The van der Waals surface area contributed by atoms with E-state index in [1.54, 1.807) is 19.1 Å². The fourth-order valence-corrected chi connectivity index (χ4v) is 1.15. The van der Waals surface area contributed by atoms with Crippen LogP contribution < -0.4 is 10.5 Å². The number of benzene rings is 1. The third-order valence-corrected chi connectivity index (χ3v) is 2.22. The molecule has 0 saturated carbocycles. The molecule has 4 heteroatoms. The first-order valence-electron chi connectivity index (χ1n) is 5.04. The van der Waals surface area contributed by atoms with Crippen molar-refractivity contribution in [1.29, 1.82) is 5.26 Å². The van der Waals surface area contributed by atoms with Gasteiger partial charge in [-0.15, -0.1) is 0 Å². The maximum atomic E-state index is 13.3. The third kappa shape index (κ3) is 3.52. The van der Waals surface area contributed by atoms with Gasteiger partial charge in [-0.2, -0.15) is 5.26 Å². The Hall–Kier alpha value is -1.60. The smallest absolute Gasteiger partial charge is 0.165 e. The molecule has 1 aromatic carbocycles. The molecule has 1 rings (SSSR count). The van der Waals surface area contributed by atoms with Crippen LogP contribution in [0.2, 0.25) is 0 Å². The van der Waals surface area contributed by atoms with Crippen molar-refractivity contribution < 1.29 is 9.13 Å². The zero-order chi connectivity index (χ0) is 12.2. The van der Waals surface area contributed by atoms with Gasteiger partial charge in [0.05, 0.1) is 12.7 Å². The van der Waals surface area contributed by atoms with Crippen LogP contribution in [0.4, 0.5) is 4.39 Å². The monoisotopic (exact) mass is 222 g/mol. The Morgan fingerprint density at radius 2 is 2.25 bits per heavy atom. The number of hydrogen-bond acceptors (Lipinski definition) is 3. The van der Waals surface area contributed by atoms with Gasteiger partial charge in [0, 0.05) is 6.42 Å². The molecule has 0 aliphatic rings. The fraction of sp³-hybridized carbons (Fsp3) is 0.417. The predicted octanol–water partition coefficient (Wildman–Crippen LogP) is 2.14. The van der Waals surface area contributed by atoms with E-state index < -0.39 is 11.4 Å². The Balaban J connectivity index is 2.56. The van der Waals surface area contributed by atoms with Crippen molar-refractivity contribution in [2.45, 2.75) is 25.8 Å². The topological polar surface area (TPSA) is 59.0 Å². The average Bonchev–Trinajstić information content (AvgIpc) is 2.23. The van der Waals surface area contributed by atoms with Crippen molar-refractivity contribution in [2.75, 3.05) is 6.61 Å². The van der Waals surface area contributed by atoms with Crippen LogP contribution in [-0.4, -0.2) is 12.1 Å². The molecule has 0 amide bonds. The summed E-state index contributed by atoms with van der Waals surface area (Å²) >= 11 is 0. The highest BCUT2D eigenvalue weighted by atomic mass is 19.1. The van der Waals surface area contributed by atoms with Gasteiger partial charge in [-0.1, -0.05) is 6.07 Å². The number of nitrogens with zero attached hydrogens (tertiary/aromatic N) is 1. The molecule has 1 atom stereocenters. The number of aryl methyl sites for hydroxylation is 1. The average molecular weight is 222 g/mol. The van der Waals surface area contributed by atoms with Crippen molar-refractivity contribution in [3.8, 4) is 11.8 Å². The normalized spacial score (nSPS) is 13.9. The lowest BCUT2D eigenvalue weighted by Crippen LogP contribution is -2.35. The number of rotatable bonds is 4. The predicted molar refractivity (Wildman–Crippen MR) is 59.5 cm³/mol. The van der Waals surface area contributed by atoms with E-state index in [4.69, 9.17) is 15.7 Å². The standard InChI is InChI=1S/C12H15FN2O/c1-9-3-4-10(13)11(7-9)16-6-5-12(2,15)8-14/h3-4,7H,5-6,15H2,1-2H3. The first-order chi connectivity index (χ1) is 7.44. The minimum atomic E-state index is -0.930. The Morgan fingerprint density at radius 3 is 2.88 bits per heavy atom. The molecule has 0 spiro atoms. The zero-order valence-electron chi connectivity index (χ0n) is 9.46. The summed E-state index contributed by atoms with van der Waals surface area (Å²) < 4.78 is 18.5. The van der Waals surface area contributed by atoms with Gasteiger partial charge in [-0.05, 0) is 31.5 Å². The van der Waals surface area contributed by atoms with Crippen LogP contribution in [0.5, 0.6) is 5.75 Å². The second-order valence-corrected chi connectivity index (χ2v) is 4.06. The van der Waals surface area contributed by atoms with Crippen LogP contribution in [0, 0.1) is 24.1 Å². The summed E-state index contributed by atoms with van der Waals surface area (Å²) in [6, 6.07) is 6.61. The Bertz CT molecular complexity index is 410. The van der Waals surface area contributed by atoms with E-state index in [2.05, 4.69) is 0 Å². The van der Waals surface area contributed by atoms with Crippen LogP contribution in [0.25, 0.3) is 0 Å². The van der Waals surface area contributed by atoms with Gasteiger partial charge in [0.2, 0.25) is 0 Å². The lowest BCUT2D eigenvalue weighted by Gasteiger charge is -2.15. The highest BCUT2D eigenvalue weighted by molar-refractivity contribution is 5.29. The van der Waals surface area contributed by atoms with Crippen molar-refractivity contribution in [1.82, 2.24) is 0 Å². The van der Waals surface area contributed by atoms with E-state index in [1.807, 2.05) is 13.0 Å². The van der Waals surface area contributed by atoms with Crippen molar-refractivity contribution in [3.05, 3.63) is 29.6 Å². The maximum Gasteiger partial charge on any atom is 0.165 e. The second kappa shape index (κ2) is 4.95. The molecular weight excluding hydrogens is 207 g/mol. The summed E-state index contributed by atoms with van der Waals surface area (Å²) in [5, 5.41) is 8.69. The SMILES string of the molecule is Cc1ccc(F)c(OCCC(C)(N)C#N)c1. The summed E-state index contributed by atoms with van der Waals surface area (Å²) in [5.41, 5.74) is 5.61. The van der Waals surface area contributed by atoms with Gasteiger partial charge in [0.1, 0.15) is 5.54 Å². The molecule has 0 aliphatic heterocycles. The minimum Gasteiger partial charge on any atom is -0.490 e. The first-order valence-corrected chi connectivity index (χ1v) is 5.04. The van der Waals surface area contributed by atoms with Gasteiger partial charge in [-0.3, -0.25) is 0 Å². The molecule has 0 saturated heterocycles. The summed E-state index contributed by atoms with van der Waals surface area (Å²) in [6.45, 7) is 3.69. The lowest BCUT2D eigenvalue weighted by atomic mass is 10.0. The first kappa shape index (κ1) is 12.5. The number of halogens is 1. The number of hydrogen-bond donors (Lipinski definition) is 1. The molecule has 16 heavy (non-hydrogen) atoms. The van der Waals surface area contributed by atoms with Crippen molar-refractivity contribution >= 4 is 0 Å². The molecule has 0 aromatic heterocycles. The van der Waals surface area contributed by atoms with Crippen molar-refractivity contribution in [2.24, 2.45) is 5.73 Å². The molecule has 0 aliphatic carbocycles. The van der Waals surface area contributed by atoms with E-state index in [0.717, 1.165) is 5.56 Å².